The molecule has 0 bridgehead atoms. The molecular weight excluding hydrogens is 287 g/mol. The monoisotopic (exact) mass is 302 g/mol. The van der Waals surface area contributed by atoms with Crippen LogP contribution in [0.1, 0.15) is 32.1 Å². The molecule has 0 aromatic carbocycles. The Morgan fingerprint density at radius 3 is 2.29 bits per heavy atom. The van der Waals surface area contributed by atoms with Crippen molar-refractivity contribution in [1.82, 2.24) is 0 Å². The van der Waals surface area contributed by atoms with Crippen LogP contribution < -0.4 is 0 Å². The highest BCUT2D eigenvalue weighted by Crippen LogP contribution is 2.24. The van der Waals surface area contributed by atoms with E-state index >= 15 is 0 Å². The lowest BCUT2D eigenvalue weighted by molar-refractivity contribution is -0.0166. The fourth-order valence-electron chi connectivity index (χ4n) is 1.77. The molecule has 0 N–H and O–H groups in total. The summed E-state index contributed by atoms with van der Waals surface area (Å²) in [6.45, 7) is 0. The van der Waals surface area contributed by atoms with Gasteiger partial charge in [0.05, 0.1) is 17.0 Å². The van der Waals surface area contributed by atoms with Crippen LogP contribution in [-0.4, -0.2) is 28.8 Å². The summed E-state index contributed by atoms with van der Waals surface area (Å²) in [4.78, 5) is 0.170. The van der Waals surface area contributed by atoms with Crippen LogP contribution in [0.3, 0.4) is 0 Å². The second kappa shape index (κ2) is 7.32. The third-order valence-corrected chi connectivity index (χ3v) is 4.55. The summed E-state index contributed by atoms with van der Waals surface area (Å²) in [7, 11) is 0. The molecule has 84 valence electrons. The summed E-state index contributed by atoms with van der Waals surface area (Å²) in [6, 6.07) is 0. The molecule has 2 atom stereocenters. The van der Waals surface area contributed by atoms with E-state index in [0.29, 0.717) is 17.9 Å². The van der Waals surface area contributed by atoms with Crippen molar-refractivity contribution in [2.45, 2.75) is 49.1 Å². The lowest BCUT2D eigenvalue weighted by Gasteiger charge is -2.28. The van der Waals surface area contributed by atoms with E-state index in [1.165, 1.54) is 32.1 Å². The minimum Gasteiger partial charge on any atom is -0.373 e. The normalized spacial score (nSPS) is 23.4. The smallest absolute Gasteiger partial charge is 0.0850 e. The molecule has 0 aliphatic heterocycles. The van der Waals surface area contributed by atoms with Gasteiger partial charge in [0.15, 0.2) is 0 Å². The fraction of sp³-hybridized carbons (Fsp3) is 1.00. The molecule has 1 aliphatic rings. The maximum Gasteiger partial charge on any atom is 0.0850 e. The zero-order valence-electron chi connectivity index (χ0n) is 8.22. The zero-order valence-corrected chi connectivity index (χ0v) is 11.3. The van der Waals surface area contributed by atoms with Crippen molar-refractivity contribution in [3.8, 4) is 0 Å². The largest absolute Gasteiger partial charge is 0.373 e. The Balaban J connectivity index is 2.30. The van der Waals surface area contributed by atoms with Crippen molar-refractivity contribution in [3.05, 3.63) is 0 Å². The summed E-state index contributed by atoms with van der Waals surface area (Å²) in [6.07, 6.45) is 6.72. The molecule has 0 radical (unpaired) electrons. The van der Waals surface area contributed by atoms with E-state index in [1.54, 1.807) is 0 Å². The summed E-state index contributed by atoms with van der Waals surface area (Å²) >= 11 is 15.1. The van der Waals surface area contributed by atoms with Gasteiger partial charge in [0.2, 0.25) is 0 Å². The predicted molar refractivity (Wildman–Crippen MR) is 65.9 cm³/mol. The van der Waals surface area contributed by atoms with Gasteiger partial charge in [-0.25, -0.2) is 0 Å². The first-order chi connectivity index (χ1) is 6.77. The van der Waals surface area contributed by atoms with Gasteiger partial charge >= 0.3 is 0 Å². The second-order valence-corrected chi connectivity index (χ2v) is 5.55. The van der Waals surface area contributed by atoms with Crippen LogP contribution in [0.5, 0.6) is 0 Å². The van der Waals surface area contributed by atoms with E-state index in [1.807, 2.05) is 0 Å². The first-order valence-corrected chi connectivity index (χ1v) is 7.18. The Kier molecular flexibility index (Phi) is 6.84. The molecule has 2 unspecified atom stereocenters. The number of rotatable bonds is 5. The van der Waals surface area contributed by atoms with Crippen LogP contribution in [0, 0.1) is 0 Å². The lowest BCUT2D eigenvalue weighted by Crippen LogP contribution is -2.33. The first-order valence-electron chi connectivity index (χ1n) is 5.19. The first kappa shape index (κ1) is 13.1. The van der Waals surface area contributed by atoms with Gasteiger partial charge in [-0.1, -0.05) is 35.2 Å². The van der Waals surface area contributed by atoms with Crippen LogP contribution in [-0.2, 0) is 4.74 Å². The van der Waals surface area contributed by atoms with Crippen molar-refractivity contribution in [2.24, 2.45) is 0 Å². The van der Waals surface area contributed by atoms with E-state index in [0.717, 1.165) is 0 Å². The fourth-order valence-corrected chi connectivity index (χ4v) is 2.78. The molecule has 1 rings (SSSR count). The van der Waals surface area contributed by atoms with E-state index in [2.05, 4.69) is 15.9 Å². The predicted octanol–water partition coefficient (Wildman–Crippen LogP) is 3.95. The van der Waals surface area contributed by atoms with Crippen LogP contribution in [0.2, 0.25) is 0 Å². The molecule has 0 heterocycles. The van der Waals surface area contributed by atoms with Crippen molar-refractivity contribution >= 4 is 39.1 Å². The number of ether oxygens (including phenoxy) is 1. The topological polar surface area (TPSA) is 9.23 Å². The second-order valence-electron chi connectivity index (χ2n) is 3.76. The van der Waals surface area contributed by atoms with Crippen molar-refractivity contribution in [2.75, 3.05) is 11.8 Å². The van der Waals surface area contributed by atoms with Crippen LogP contribution in [0.4, 0.5) is 0 Å². The molecule has 14 heavy (non-hydrogen) atoms. The highest BCUT2D eigenvalue weighted by Gasteiger charge is 2.23. The number of halogens is 3. The van der Waals surface area contributed by atoms with E-state index in [4.69, 9.17) is 27.9 Å². The number of hydrogen-bond donors (Lipinski definition) is 0. The summed E-state index contributed by atoms with van der Waals surface area (Å²) in [5.41, 5.74) is 0. The summed E-state index contributed by atoms with van der Waals surface area (Å²) in [5.74, 6) is 1.06. The molecule has 1 aliphatic carbocycles. The summed E-state index contributed by atoms with van der Waals surface area (Å²) in [5, 5.41) is 0. The molecule has 0 amide bonds. The third kappa shape index (κ3) is 4.26. The van der Waals surface area contributed by atoms with Gasteiger partial charge in [-0.05, 0) is 12.8 Å². The van der Waals surface area contributed by atoms with Crippen molar-refractivity contribution < 1.29 is 4.74 Å². The van der Waals surface area contributed by atoms with Gasteiger partial charge in [0.25, 0.3) is 0 Å². The maximum absolute atomic E-state index is 5.93. The van der Waals surface area contributed by atoms with Crippen molar-refractivity contribution in [3.63, 3.8) is 0 Å². The van der Waals surface area contributed by atoms with Crippen molar-refractivity contribution in [1.29, 1.82) is 0 Å². The summed E-state index contributed by atoms with van der Waals surface area (Å²) < 4.78 is 5.93. The van der Waals surface area contributed by atoms with Crippen LogP contribution in [0.25, 0.3) is 0 Å². The van der Waals surface area contributed by atoms with Crippen LogP contribution in [0.15, 0.2) is 0 Å². The molecule has 1 saturated carbocycles. The SMILES string of the molecule is ClCC(Br)C(CCl)OC1CCCCC1. The Morgan fingerprint density at radius 1 is 1.14 bits per heavy atom. The van der Waals surface area contributed by atoms with Gasteiger partial charge in [-0.3, -0.25) is 0 Å². The number of hydrogen-bond acceptors (Lipinski definition) is 1. The minimum absolute atomic E-state index is 0.0530. The standard InChI is InChI=1S/C10H17BrCl2O/c11-9(6-12)10(7-13)14-8-4-2-1-3-5-8/h8-10H,1-7H2. The Labute approximate surface area is 105 Å². The molecular formula is C10H17BrCl2O. The highest BCUT2D eigenvalue weighted by atomic mass is 79.9. The van der Waals surface area contributed by atoms with Gasteiger partial charge < -0.3 is 4.74 Å². The Hall–Kier alpha value is 1.02. The third-order valence-electron chi connectivity index (χ3n) is 2.62. The molecule has 1 nitrogen and oxygen atoms in total. The van der Waals surface area contributed by atoms with E-state index in [-0.39, 0.29) is 10.9 Å². The van der Waals surface area contributed by atoms with E-state index in [9.17, 15) is 0 Å². The Morgan fingerprint density at radius 2 is 1.79 bits per heavy atom. The molecule has 4 heteroatoms. The quantitative estimate of drug-likeness (QED) is 0.699. The average molecular weight is 304 g/mol. The average Bonchev–Trinajstić information content (AvgIpc) is 2.26. The van der Waals surface area contributed by atoms with Gasteiger partial charge in [0.1, 0.15) is 0 Å². The zero-order chi connectivity index (χ0) is 10.4. The molecule has 1 fully saturated rings. The minimum atomic E-state index is 0.0530. The van der Waals surface area contributed by atoms with Crippen LogP contribution >= 0.6 is 39.1 Å². The van der Waals surface area contributed by atoms with Gasteiger partial charge in [-0.15, -0.1) is 23.2 Å². The maximum atomic E-state index is 5.93. The molecule has 0 spiro atoms. The lowest BCUT2D eigenvalue weighted by atomic mass is 9.97. The van der Waals surface area contributed by atoms with E-state index < -0.39 is 0 Å². The molecule has 0 saturated heterocycles. The Bertz CT molecular complexity index is 151. The number of alkyl halides is 3. The molecule has 0 aromatic heterocycles. The highest BCUT2D eigenvalue weighted by molar-refractivity contribution is 9.09. The van der Waals surface area contributed by atoms with Gasteiger partial charge in [-0.2, -0.15) is 0 Å². The molecule has 0 aromatic rings. The van der Waals surface area contributed by atoms with Gasteiger partial charge in [0, 0.05) is 11.8 Å².